The first-order chi connectivity index (χ1) is 12.7. The molecule has 1 fully saturated rings. The van der Waals surface area contributed by atoms with E-state index < -0.39 is 11.7 Å². The van der Waals surface area contributed by atoms with Crippen LogP contribution in [0.1, 0.15) is 44.5 Å². The quantitative estimate of drug-likeness (QED) is 0.765. The number of hydrogen-bond acceptors (Lipinski definition) is 6. The lowest BCUT2D eigenvalue weighted by Gasteiger charge is -2.28. The van der Waals surface area contributed by atoms with E-state index in [0.717, 1.165) is 0 Å². The molecule has 7 heteroatoms. The highest BCUT2D eigenvalue weighted by molar-refractivity contribution is 5.89. The van der Waals surface area contributed by atoms with Crippen LogP contribution in [0, 0.1) is 5.92 Å². The minimum atomic E-state index is -0.581. The van der Waals surface area contributed by atoms with E-state index >= 15 is 0 Å². The fraction of sp³-hybridized carbons (Fsp3) is 0.600. The highest BCUT2D eigenvalue weighted by Crippen LogP contribution is 2.26. The van der Waals surface area contributed by atoms with Gasteiger partial charge >= 0.3 is 12.1 Å². The molecule has 1 aromatic rings. The topological polar surface area (TPSA) is 85.3 Å². The number of likely N-dealkylation sites (tertiary alicyclic amines) is 1. The van der Waals surface area contributed by atoms with E-state index in [1.54, 1.807) is 36.1 Å². The Kier molecular flexibility index (Phi) is 7.07. The molecule has 0 spiro atoms. The Morgan fingerprint density at radius 1 is 1.22 bits per heavy atom. The molecular formula is C20H29NO6. The van der Waals surface area contributed by atoms with Crippen LogP contribution < -0.4 is 4.74 Å². The Morgan fingerprint density at radius 3 is 2.44 bits per heavy atom. The predicted molar refractivity (Wildman–Crippen MR) is 99.8 cm³/mol. The molecule has 27 heavy (non-hydrogen) atoms. The van der Waals surface area contributed by atoms with E-state index in [1.165, 1.54) is 0 Å². The summed E-state index contributed by atoms with van der Waals surface area (Å²) in [6.07, 6.45) is 0.251. The van der Waals surface area contributed by atoms with E-state index in [-0.39, 0.29) is 31.1 Å². The zero-order chi connectivity index (χ0) is 20.0. The van der Waals surface area contributed by atoms with Crippen molar-refractivity contribution in [3.8, 4) is 5.75 Å². The molecule has 1 amide bonds. The second-order valence-corrected chi connectivity index (χ2v) is 7.63. The van der Waals surface area contributed by atoms with E-state index in [9.17, 15) is 14.7 Å². The van der Waals surface area contributed by atoms with Crippen molar-refractivity contribution >= 4 is 12.1 Å². The minimum Gasteiger partial charge on any atom is -0.491 e. The molecule has 0 unspecified atom stereocenters. The van der Waals surface area contributed by atoms with Gasteiger partial charge in [0, 0.05) is 19.1 Å². The fourth-order valence-electron chi connectivity index (χ4n) is 2.94. The first-order valence-corrected chi connectivity index (χ1v) is 9.24. The molecule has 1 aliphatic heterocycles. The van der Waals surface area contributed by atoms with Crippen LogP contribution in [0.3, 0.4) is 0 Å². The third-order valence-corrected chi connectivity index (χ3v) is 4.20. The largest absolute Gasteiger partial charge is 0.491 e. The number of carbonyl (C=O) groups excluding carboxylic acids is 2. The van der Waals surface area contributed by atoms with Crippen molar-refractivity contribution in [3.63, 3.8) is 0 Å². The molecule has 0 aliphatic carbocycles. The van der Waals surface area contributed by atoms with E-state index in [1.807, 2.05) is 20.8 Å². The first kappa shape index (κ1) is 21.0. The van der Waals surface area contributed by atoms with Crippen LogP contribution in [0.15, 0.2) is 24.3 Å². The van der Waals surface area contributed by atoms with Gasteiger partial charge in [-0.05, 0) is 58.4 Å². The molecule has 150 valence electrons. The van der Waals surface area contributed by atoms with Crippen molar-refractivity contribution in [1.82, 2.24) is 4.90 Å². The number of nitrogens with zero attached hydrogens (tertiary/aromatic N) is 1. The molecule has 0 radical (unpaired) electrons. The zero-order valence-electron chi connectivity index (χ0n) is 16.4. The van der Waals surface area contributed by atoms with Crippen LogP contribution in [-0.2, 0) is 9.47 Å². The number of benzene rings is 1. The number of ether oxygens (including phenoxy) is 3. The molecule has 0 saturated carbocycles. The molecule has 2 atom stereocenters. The van der Waals surface area contributed by atoms with E-state index in [4.69, 9.17) is 14.2 Å². The Hall–Kier alpha value is -2.28. The monoisotopic (exact) mass is 379 g/mol. The van der Waals surface area contributed by atoms with Crippen LogP contribution in [-0.4, -0.2) is 60.1 Å². The number of aliphatic hydroxyl groups excluding tert-OH is 1. The molecule has 1 saturated heterocycles. The summed E-state index contributed by atoms with van der Waals surface area (Å²) in [5.74, 6) is 0.235. The molecule has 1 N–H and O–H groups in total. The van der Waals surface area contributed by atoms with Crippen molar-refractivity contribution in [3.05, 3.63) is 29.8 Å². The standard InChI is InChI=1S/C20H29NO6/c1-5-25-18(23)15-6-8-17(9-7-15)26-13-16-10-14(12-22)11-21(16)19(24)27-20(2,3)4/h6-9,14,16,22H,5,10-13H2,1-4H3/t14-,16-/m0/s1. The molecule has 0 bridgehead atoms. The smallest absolute Gasteiger partial charge is 0.410 e. The van der Waals surface area contributed by atoms with Crippen molar-refractivity contribution < 1.29 is 28.9 Å². The van der Waals surface area contributed by atoms with Gasteiger partial charge in [0.2, 0.25) is 0 Å². The maximum Gasteiger partial charge on any atom is 0.410 e. The average Bonchev–Trinajstić information content (AvgIpc) is 3.03. The van der Waals surface area contributed by atoms with E-state index in [0.29, 0.717) is 30.9 Å². The lowest BCUT2D eigenvalue weighted by atomic mass is 10.1. The minimum absolute atomic E-state index is 0.0114. The second-order valence-electron chi connectivity index (χ2n) is 7.63. The van der Waals surface area contributed by atoms with Gasteiger partial charge in [-0.15, -0.1) is 0 Å². The summed E-state index contributed by atoms with van der Waals surface area (Å²) in [4.78, 5) is 25.7. The Morgan fingerprint density at radius 2 is 1.89 bits per heavy atom. The Balaban J connectivity index is 1.97. The fourth-order valence-corrected chi connectivity index (χ4v) is 2.94. The zero-order valence-corrected chi connectivity index (χ0v) is 16.4. The number of rotatable bonds is 6. The SMILES string of the molecule is CCOC(=O)c1ccc(OC[C@@H]2C[C@H](CO)CN2C(=O)OC(C)(C)C)cc1. The number of amides is 1. The molecule has 7 nitrogen and oxygen atoms in total. The molecule has 1 heterocycles. The molecule has 1 aromatic carbocycles. The number of carbonyl (C=O) groups is 2. The lowest BCUT2D eigenvalue weighted by Crippen LogP contribution is -2.42. The van der Waals surface area contributed by atoms with Crippen LogP contribution in [0.25, 0.3) is 0 Å². The van der Waals surface area contributed by atoms with Gasteiger partial charge in [0.1, 0.15) is 18.0 Å². The summed E-state index contributed by atoms with van der Waals surface area (Å²) in [6, 6.07) is 6.50. The predicted octanol–water partition coefficient (Wildman–Crippen LogP) is 2.86. The van der Waals surface area contributed by atoms with Gasteiger partial charge in [-0.25, -0.2) is 9.59 Å². The summed E-state index contributed by atoms with van der Waals surface area (Å²) < 4.78 is 16.2. The van der Waals surface area contributed by atoms with Crippen molar-refractivity contribution in [2.45, 2.75) is 45.8 Å². The van der Waals surface area contributed by atoms with Gasteiger partial charge in [-0.3, -0.25) is 0 Å². The molecule has 0 aromatic heterocycles. The van der Waals surface area contributed by atoms with Gasteiger partial charge in [0.15, 0.2) is 0 Å². The molecule has 1 aliphatic rings. The third-order valence-electron chi connectivity index (χ3n) is 4.20. The Bertz CT molecular complexity index is 637. The summed E-state index contributed by atoms with van der Waals surface area (Å²) in [6.45, 7) is 8.29. The second kappa shape index (κ2) is 9.08. The highest BCUT2D eigenvalue weighted by Gasteiger charge is 2.37. The van der Waals surface area contributed by atoms with Crippen LogP contribution in [0.5, 0.6) is 5.75 Å². The summed E-state index contributed by atoms with van der Waals surface area (Å²) in [7, 11) is 0. The average molecular weight is 379 g/mol. The lowest BCUT2D eigenvalue weighted by molar-refractivity contribution is 0.0180. The molecule has 2 rings (SSSR count). The van der Waals surface area contributed by atoms with Crippen molar-refractivity contribution in [2.75, 3.05) is 26.4 Å². The van der Waals surface area contributed by atoms with Crippen molar-refractivity contribution in [2.24, 2.45) is 5.92 Å². The number of aliphatic hydroxyl groups is 1. The van der Waals surface area contributed by atoms with Gasteiger partial charge in [-0.2, -0.15) is 0 Å². The molecular weight excluding hydrogens is 350 g/mol. The van der Waals surface area contributed by atoms with Crippen LogP contribution >= 0.6 is 0 Å². The highest BCUT2D eigenvalue weighted by atomic mass is 16.6. The van der Waals surface area contributed by atoms with Gasteiger partial charge < -0.3 is 24.2 Å². The Labute approximate surface area is 160 Å². The third kappa shape index (κ3) is 6.13. The summed E-state index contributed by atoms with van der Waals surface area (Å²) >= 11 is 0. The number of esters is 1. The van der Waals surface area contributed by atoms with Crippen LogP contribution in [0.2, 0.25) is 0 Å². The maximum absolute atomic E-state index is 12.4. The maximum atomic E-state index is 12.4. The number of hydrogen-bond donors (Lipinski definition) is 1. The van der Waals surface area contributed by atoms with Gasteiger partial charge in [0.25, 0.3) is 0 Å². The summed E-state index contributed by atoms with van der Waals surface area (Å²) in [5.41, 5.74) is -0.122. The van der Waals surface area contributed by atoms with Gasteiger partial charge in [0.05, 0.1) is 18.2 Å². The van der Waals surface area contributed by atoms with E-state index in [2.05, 4.69) is 0 Å². The summed E-state index contributed by atoms with van der Waals surface area (Å²) in [5, 5.41) is 9.46. The normalized spacial score (nSPS) is 19.7. The van der Waals surface area contributed by atoms with Crippen molar-refractivity contribution in [1.29, 1.82) is 0 Å². The first-order valence-electron chi connectivity index (χ1n) is 9.24. The van der Waals surface area contributed by atoms with Crippen LogP contribution in [0.4, 0.5) is 4.79 Å². The van der Waals surface area contributed by atoms with Gasteiger partial charge in [-0.1, -0.05) is 0 Å².